The number of para-hydroxylation sites is 1. The highest BCUT2D eigenvalue weighted by Crippen LogP contribution is 2.30. The Hall–Kier alpha value is -2.42. The van der Waals surface area contributed by atoms with E-state index in [0.717, 1.165) is 34.7 Å². The molecule has 0 spiro atoms. The summed E-state index contributed by atoms with van der Waals surface area (Å²) in [6, 6.07) is 17.4. The summed E-state index contributed by atoms with van der Waals surface area (Å²) in [4.78, 5) is 12.2. The van der Waals surface area contributed by atoms with Gasteiger partial charge in [-0.3, -0.25) is 0 Å². The lowest BCUT2D eigenvalue weighted by Crippen LogP contribution is -2.38. The van der Waals surface area contributed by atoms with Gasteiger partial charge in [0.25, 0.3) is 0 Å². The number of anilines is 1. The summed E-state index contributed by atoms with van der Waals surface area (Å²) in [5.41, 5.74) is 4.48. The van der Waals surface area contributed by atoms with Crippen LogP contribution in [0.5, 0.6) is 0 Å². The summed E-state index contributed by atoms with van der Waals surface area (Å²) >= 11 is 0. The molecule has 2 aromatic carbocycles. The number of rotatable bonds is 2. The van der Waals surface area contributed by atoms with Crippen LogP contribution in [0.3, 0.4) is 0 Å². The number of aryl methyl sites for hydroxylation is 1. The van der Waals surface area contributed by atoms with Gasteiger partial charge in [-0.2, -0.15) is 0 Å². The van der Waals surface area contributed by atoms with Crippen molar-refractivity contribution in [3.63, 3.8) is 0 Å². The zero-order chi connectivity index (χ0) is 16.5. The topological polar surface area (TPSA) is 29.0 Å². The minimum absolute atomic E-state index is 0.505. The molecule has 0 unspecified atom stereocenters. The molecule has 1 saturated heterocycles. The Morgan fingerprint density at radius 1 is 0.958 bits per heavy atom. The number of hydrogen-bond donors (Lipinski definition) is 0. The van der Waals surface area contributed by atoms with Crippen LogP contribution in [0, 0.1) is 6.92 Å². The van der Waals surface area contributed by atoms with Gasteiger partial charge in [-0.15, -0.1) is 0 Å². The molecule has 3 heteroatoms. The van der Waals surface area contributed by atoms with E-state index in [9.17, 15) is 0 Å². The van der Waals surface area contributed by atoms with E-state index >= 15 is 0 Å². The molecule has 1 aliphatic rings. The Kier molecular flexibility index (Phi) is 3.93. The first-order valence-electron chi connectivity index (χ1n) is 8.83. The predicted octanol–water partition coefficient (Wildman–Crippen LogP) is 4.98. The van der Waals surface area contributed by atoms with E-state index in [0.29, 0.717) is 6.04 Å². The molecule has 0 saturated carbocycles. The van der Waals surface area contributed by atoms with Crippen LogP contribution in [0.15, 0.2) is 48.5 Å². The minimum atomic E-state index is 0.505. The summed E-state index contributed by atoms with van der Waals surface area (Å²) < 4.78 is 0. The highest BCUT2D eigenvalue weighted by Gasteiger charge is 2.22. The van der Waals surface area contributed by atoms with Crippen LogP contribution in [-0.4, -0.2) is 22.6 Å². The monoisotopic (exact) mass is 317 g/mol. The summed E-state index contributed by atoms with van der Waals surface area (Å²) in [5, 5.41) is 1.12. The fraction of sp³-hybridized carbons (Fsp3) is 0.333. The maximum atomic E-state index is 4.99. The van der Waals surface area contributed by atoms with Crippen LogP contribution in [0.25, 0.3) is 22.2 Å². The molecule has 4 rings (SSSR count). The van der Waals surface area contributed by atoms with Crippen molar-refractivity contribution in [2.75, 3.05) is 11.4 Å². The molecule has 0 aliphatic carbocycles. The van der Waals surface area contributed by atoms with Crippen LogP contribution in [0.2, 0.25) is 0 Å². The Balaban J connectivity index is 1.89. The standard InChI is InChI=1S/C21H23N3/c1-15-10-12-17(13-11-15)20-18-8-3-4-9-19(18)22-21(23-20)24-14-6-5-7-16(24)2/h3-4,8-13,16H,5-7,14H2,1-2H3/t16-/m0/s1. The molecule has 3 aromatic rings. The molecular weight excluding hydrogens is 294 g/mol. The van der Waals surface area contributed by atoms with Crippen molar-refractivity contribution in [2.24, 2.45) is 0 Å². The zero-order valence-electron chi connectivity index (χ0n) is 14.4. The second-order valence-electron chi connectivity index (χ2n) is 6.79. The third-order valence-corrected chi connectivity index (χ3v) is 4.98. The minimum Gasteiger partial charge on any atom is -0.338 e. The SMILES string of the molecule is Cc1ccc(-c2nc(N3CCCC[C@@H]3C)nc3ccccc23)cc1. The van der Waals surface area contributed by atoms with Gasteiger partial charge >= 0.3 is 0 Å². The normalized spacial score (nSPS) is 18.1. The van der Waals surface area contributed by atoms with Crippen molar-refractivity contribution in [3.05, 3.63) is 54.1 Å². The zero-order valence-corrected chi connectivity index (χ0v) is 14.4. The first-order valence-corrected chi connectivity index (χ1v) is 8.83. The van der Waals surface area contributed by atoms with Crippen molar-refractivity contribution in [1.82, 2.24) is 9.97 Å². The van der Waals surface area contributed by atoms with Crippen molar-refractivity contribution < 1.29 is 0 Å². The predicted molar refractivity (Wildman–Crippen MR) is 100 cm³/mol. The lowest BCUT2D eigenvalue weighted by Gasteiger charge is -2.33. The van der Waals surface area contributed by atoms with Gasteiger partial charge in [0.15, 0.2) is 0 Å². The second-order valence-corrected chi connectivity index (χ2v) is 6.79. The molecule has 3 nitrogen and oxygen atoms in total. The molecule has 122 valence electrons. The van der Waals surface area contributed by atoms with Gasteiger partial charge < -0.3 is 4.90 Å². The van der Waals surface area contributed by atoms with Crippen molar-refractivity contribution in [1.29, 1.82) is 0 Å². The lowest BCUT2D eigenvalue weighted by molar-refractivity contribution is 0.478. The number of hydrogen-bond acceptors (Lipinski definition) is 3. The Labute approximate surface area is 143 Å². The highest BCUT2D eigenvalue weighted by molar-refractivity contribution is 5.93. The molecule has 1 atom stereocenters. The van der Waals surface area contributed by atoms with E-state index in [1.807, 2.05) is 0 Å². The molecule has 0 bridgehead atoms. The molecule has 0 N–H and O–H groups in total. The molecule has 2 heterocycles. The van der Waals surface area contributed by atoms with E-state index < -0.39 is 0 Å². The van der Waals surface area contributed by atoms with Crippen LogP contribution in [0.4, 0.5) is 5.95 Å². The molecule has 1 fully saturated rings. The maximum Gasteiger partial charge on any atom is 0.226 e. The average Bonchev–Trinajstić information content (AvgIpc) is 2.62. The lowest BCUT2D eigenvalue weighted by atomic mass is 10.0. The molecule has 0 radical (unpaired) electrons. The highest BCUT2D eigenvalue weighted by atomic mass is 15.3. The van der Waals surface area contributed by atoms with E-state index in [1.54, 1.807) is 0 Å². The Morgan fingerprint density at radius 2 is 1.75 bits per heavy atom. The first-order chi connectivity index (χ1) is 11.7. The van der Waals surface area contributed by atoms with Gasteiger partial charge in [0.05, 0.1) is 11.2 Å². The van der Waals surface area contributed by atoms with Gasteiger partial charge in [-0.25, -0.2) is 9.97 Å². The Morgan fingerprint density at radius 3 is 2.54 bits per heavy atom. The first kappa shape index (κ1) is 15.1. The van der Waals surface area contributed by atoms with Crippen molar-refractivity contribution >= 4 is 16.9 Å². The third-order valence-electron chi connectivity index (χ3n) is 4.98. The number of aromatic nitrogens is 2. The Bertz CT molecular complexity index is 855. The largest absolute Gasteiger partial charge is 0.338 e. The molecule has 1 aliphatic heterocycles. The second kappa shape index (κ2) is 6.23. The molecular formula is C21H23N3. The number of nitrogens with zero attached hydrogens (tertiary/aromatic N) is 3. The van der Waals surface area contributed by atoms with E-state index in [1.165, 1.54) is 24.8 Å². The summed E-state index contributed by atoms with van der Waals surface area (Å²) in [6.45, 7) is 5.44. The fourth-order valence-electron chi connectivity index (χ4n) is 3.52. The number of piperidine rings is 1. The van der Waals surface area contributed by atoms with Gasteiger partial charge in [0, 0.05) is 23.5 Å². The number of benzene rings is 2. The van der Waals surface area contributed by atoms with Gasteiger partial charge in [-0.05, 0) is 39.2 Å². The van der Waals surface area contributed by atoms with E-state index in [-0.39, 0.29) is 0 Å². The van der Waals surface area contributed by atoms with Crippen LogP contribution < -0.4 is 4.90 Å². The third kappa shape index (κ3) is 2.75. The van der Waals surface area contributed by atoms with Gasteiger partial charge in [0.1, 0.15) is 0 Å². The van der Waals surface area contributed by atoms with Crippen molar-refractivity contribution in [3.8, 4) is 11.3 Å². The summed E-state index contributed by atoms with van der Waals surface area (Å²) in [6.07, 6.45) is 3.74. The number of fused-ring (bicyclic) bond motifs is 1. The maximum absolute atomic E-state index is 4.99. The smallest absolute Gasteiger partial charge is 0.226 e. The molecule has 1 aromatic heterocycles. The van der Waals surface area contributed by atoms with Crippen LogP contribution in [-0.2, 0) is 0 Å². The summed E-state index contributed by atoms with van der Waals surface area (Å²) in [7, 11) is 0. The molecule has 0 amide bonds. The molecule has 24 heavy (non-hydrogen) atoms. The van der Waals surface area contributed by atoms with E-state index in [4.69, 9.17) is 9.97 Å². The van der Waals surface area contributed by atoms with Gasteiger partial charge in [-0.1, -0.05) is 48.0 Å². The van der Waals surface area contributed by atoms with Crippen LogP contribution in [0.1, 0.15) is 31.7 Å². The average molecular weight is 317 g/mol. The van der Waals surface area contributed by atoms with E-state index in [2.05, 4.69) is 67.3 Å². The summed E-state index contributed by atoms with van der Waals surface area (Å²) in [5.74, 6) is 0.872. The van der Waals surface area contributed by atoms with Gasteiger partial charge in [0.2, 0.25) is 5.95 Å². The fourth-order valence-corrected chi connectivity index (χ4v) is 3.52. The van der Waals surface area contributed by atoms with Crippen LogP contribution >= 0.6 is 0 Å². The quantitative estimate of drug-likeness (QED) is 0.667. The van der Waals surface area contributed by atoms with Crippen molar-refractivity contribution in [2.45, 2.75) is 39.2 Å².